The van der Waals surface area contributed by atoms with Crippen molar-refractivity contribution in [1.29, 1.82) is 0 Å². The van der Waals surface area contributed by atoms with Crippen molar-refractivity contribution in [3.8, 4) is 34.3 Å². The minimum atomic E-state index is -0.307. The molecule has 3 heterocycles. The third-order valence-corrected chi connectivity index (χ3v) is 5.14. The summed E-state index contributed by atoms with van der Waals surface area (Å²) < 4.78 is 23.8. The Morgan fingerprint density at radius 1 is 1.00 bits per heavy atom. The van der Waals surface area contributed by atoms with Crippen molar-refractivity contribution < 1.29 is 18.9 Å². The molecule has 29 heavy (non-hydrogen) atoms. The van der Waals surface area contributed by atoms with Crippen LogP contribution in [0.25, 0.3) is 22.2 Å². The van der Waals surface area contributed by atoms with Crippen LogP contribution in [0.15, 0.2) is 35.1 Å². The van der Waals surface area contributed by atoms with E-state index in [0.717, 1.165) is 16.5 Å². The standard InChI is InChI=1S/C21H21N3O5/c1-12(9-23(2)3)24-15-8-19-18(28-11-29-19)7-14(15)20(22-21(24)25)13-4-5-16-17(6-13)27-10-26-16/h4-8,12H,9-11H2,1-3H3. The Balaban J connectivity index is 1.76. The molecule has 2 aromatic carbocycles. The fourth-order valence-corrected chi connectivity index (χ4v) is 3.93. The van der Waals surface area contributed by atoms with Crippen LogP contribution in [0.3, 0.4) is 0 Å². The molecule has 8 nitrogen and oxygen atoms in total. The number of likely N-dealkylation sites (N-methyl/N-ethyl adjacent to an activating group) is 1. The van der Waals surface area contributed by atoms with Gasteiger partial charge in [0, 0.05) is 29.6 Å². The van der Waals surface area contributed by atoms with E-state index in [4.69, 9.17) is 18.9 Å². The normalized spacial score (nSPS) is 15.3. The summed E-state index contributed by atoms with van der Waals surface area (Å²) >= 11 is 0. The van der Waals surface area contributed by atoms with E-state index in [1.807, 2.05) is 56.3 Å². The summed E-state index contributed by atoms with van der Waals surface area (Å²) in [7, 11) is 3.96. The number of nitrogens with zero attached hydrogens (tertiary/aromatic N) is 3. The van der Waals surface area contributed by atoms with Gasteiger partial charge in [-0.2, -0.15) is 4.98 Å². The summed E-state index contributed by atoms with van der Waals surface area (Å²) in [6, 6.07) is 9.25. The lowest BCUT2D eigenvalue weighted by atomic mass is 10.0. The van der Waals surface area contributed by atoms with Crippen molar-refractivity contribution in [2.75, 3.05) is 34.2 Å². The molecule has 2 aliphatic rings. The van der Waals surface area contributed by atoms with Gasteiger partial charge in [0.1, 0.15) is 0 Å². The van der Waals surface area contributed by atoms with E-state index in [1.165, 1.54) is 0 Å². The molecule has 150 valence electrons. The molecule has 8 heteroatoms. The van der Waals surface area contributed by atoms with Gasteiger partial charge < -0.3 is 23.8 Å². The molecule has 0 spiro atoms. The van der Waals surface area contributed by atoms with Crippen molar-refractivity contribution >= 4 is 10.9 Å². The van der Waals surface area contributed by atoms with Gasteiger partial charge in [0.2, 0.25) is 13.6 Å². The topological polar surface area (TPSA) is 75.1 Å². The average molecular weight is 395 g/mol. The fraction of sp³-hybridized carbons (Fsp3) is 0.333. The molecule has 5 rings (SSSR count). The second-order valence-corrected chi connectivity index (χ2v) is 7.51. The highest BCUT2D eigenvalue weighted by atomic mass is 16.7. The number of ether oxygens (including phenoxy) is 4. The smallest absolute Gasteiger partial charge is 0.348 e. The molecule has 2 aliphatic heterocycles. The van der Waals surface area contributed by atoms with Crippen molar-refractivity contribution in [3.05, 3.63) is 40.8 Å². The Morgan fingerprint density at radius 3 is 2.38 bits per heavy atom. The molecule has 0 saturated heterocycles. The molecule has 0 saturated carbocycles. The number of benzene rings is 2. The minimum Gasteiger partial charge on any atom is -0.454 e. The predicted molar refractivity (Wildman–Crippen MR) is 107 cm³/mol. The molecule has 0 radical (unpaired) electrons. The summed E-state index contributed by atoms with van der Waals surface area (Å²) in [5.74, 6) is 2.60. The first-order valence-corrected chi connectivity index (χ1v) is 9.42. The Morgan fingerprint density at radius 2 is 1.66 bits per heavy atom. The fourth-order valence-electron chi connectivity index (χ4n) is 3.93. The van der Waals surface area contributed by atoms with Gasteiger partial charge >= 0.3 is 5.69 Å². The number of rotatable bonds is 4. The van der Waals surface area contributed by atoms with Crippen molar-refractivity contribution in [3.63, 3.8) is 0 Å². The maximum absolute atomic E-state index is 13.1. The van der Waals surface area contributed by atoms with E-state index < -0.39 is 0 Å². The summed E-state index contributed by atoms with van der Waals surface area (Å²) in [6.45, 7) is 3.06. The first-order valence-electron chi connectivity index (χ1n) is 9.42. The third-order valence-electron chi connectivity index (χ3n) is 5.14. The van der Waals surface area contributed by atoms with Crippen LogP contribution in [-0.4, -0.2) is 48.7 Å². The van der Waals surface area contributed by atoms with Crippen LogP contribution in [-0.2, 0) is 0 Å². The molecule has 1 aromatic heterocycles. The Kier molecular flexibility index (Phi) is 4.09. The maximum atomic E-state index is 13.1. The lowest BCUT2D eigenvalue weighted by Crippen LogP contribution is -2.32. The third kappa shape index (κ3) is 2.96. The summed E-state index contributed by atoms with van der Waals surface area (Å²) in [4.78, 5) is 19.6. The Labute approximate surface area is 167 Å². The van der Waals surface area contributed by atoms with Crippen LogP contribution in [0, 0.1) is 0 Å². The minimum absolute atomic E-state index is 0.0707. The van der Waals surface area contributed by atoms with E-state index in [1.54, 1.807) is 4.57 Å². The molecule has 1 unspecified atom stereocenters. The van der Waals surface area contributed by atoms with Crippen molar-refractivity contribution in [2.45, 2.75) is 13.0 Å². The van der Waals surface area contributed by atoms with Gasteiger partial charge in [-0.05, 0) is 45.3 Å². The molecule has 0 N–H and O–H groups in total. The highest BCUT2D eigenvalue weighted by Gasteiger charge is 2.23. The van der Waals surface area contributed by atoms with Gasteiger partial charge in [0.05, 0.1) is 11.2 Å². The highest BCUT2D eigenvalue weighted by molar-refractivity contribution is 5.95. The number of hydrogen-bond donors (Lipinski definition) is 0. The van der Waals surface area contributed by atoms with E-state index >= 15 is 0 Å². The predicted octanol–water partition coefficient (Wildman–Crippen LogP) is 2.64. The molecular weight excluding hydrogens is 374 g/mol. The molecule has 0 amide bonds. The van der Waals surface area contributed by atoms with Gasteiger partial charge in [-0.1, -0.05) is 0 Å². The van der Waals surface area contributed by atoms with Crippen LogP contribution >= 0.6 is 0 Å². The lowest BCUT2D eigenvalue weighted by Gasteiger charge is -2.22. The first kappa shape index (κ1) is 17.8. The number of hydrogen-bond acceptors (Lipinski definition) is 7. The maximum Gasteiger partial charge on any atom is 0.348 e. The monoisotopic (exact) mass is 395 g/mol. The van der Waals surface area contributed by atoms with Gasteiger partial charge in [-0.25, -0.2) is 4.79 Å². The largest absolute Gasteiger partial charge is 0.454 e. The first-order chi connectivity index (χ1) is 14.0. The zero-order valence-electron chi connectivity index (χ0n) is 16.5. The van der Waals surface area contributed by atoms with Crippen LogP contribution in [0.1, 0.15) is 13.0 Å². The Bertz CT molecular complexity index is 1170. The molecular formula is C21H21N3O5. The molecule has 1 atom stereocenters. The van der Waals surface area contributed by atoms with Gasteiger partial charge in [0.15, 0.2) is 23.0 Å². The van der Waals surface area contributed by atoms with Gasteiger partial charge in [-0.3, -0.25) is 4.57 Å². The second-order valence-electron chi connectivity index (χ2n) is 7.51. The SMILES string of the molecule is CC(CN(C)C)n1c(=O)nc(-c2ccc3c(c2)OCO3)c2cc3c(cc21)OCO3. The average Bonchev–Trinajstić information content (AvgIpc) is 3.33. The lowest BCUT2D eigenvalue weighted by molar-refractivity contribution is 0.173. The summed E-state index contributed by atoms with van der Waals surface area (Å²) in [6.07, 6.45) is 0. The van der Waals surface area contributed by atoms with Crippen molar-refractivity contribution in [1.82, 2.24) is 14.5 Å². The molecule has 0 aliphatic carbocycles. The number of fused-ring (bicyclic) bond motifs is 3. The second kappa shape index (κ2) is 6.66. The van der Waals surface area contributed by atoms with Gasteiger partial charge in [-0.15, -0.1) is 0 Å². The van der Waals surface area contributed by atoms with Crippen LogP contribution < -0.4 is 24.6 Å². The van der Waals surface area contributed by atoms with E-state index in [2.05, 4.69) is 4.98 Å². The number of aromatic nitrogens is 2. The molecule has 3 aromatic rings. The zero-order chi connectivity index (χ0) is 20.1. The van der Waals surface area contributed by atoms with E-state index in [9.17, 15) is 4.79 Å². The van der Waals surface area contributed by atoms with Crippen LogP contribution in [0.2, 0.25) is 0 Å². The molecule has 0 bridgehead atoms. The quantitative estimate of drug-likeness (QED) is 0.672. The van der Waals surface area contributed by atoms with Crippen LogP contribution in [0.4, 0.5) is 0 Å². The van der Waals surface area contributed by atoms with E-state index in [-0.39, 0.29) is 25.3 Å². The zero-order valence-corrected chi connectivity index (χ0v) is 16.5. The van der Waals surface area contributed by atoms with Crippen molar-refractivity contribution in [2.24, 2.45) is 0 Å². The van der Waals surface area contributed by atoms with E-state index in [0.29, 0.717) is 35.2 Å². The molecule has 0 fully saturated rings. The highest BCUT2D eigenvalue weighted by Crippen LogP contribution is 2.41. The summed E-state index contributed by atoms with van der Waals surface area (Å²) in [5.41, 5.74) is 1.81. The van der Waals surface area contributed by atoms with Crippen LogP contribution in [0.5, 0.6) is 23.0 Å². The van der Waals surface area contributed by atoms with Gasteiger partial charge in [0.25, 0.3) is 0 Å². The Hall–Kier alpha value is -3.26. The summed E-state index contributed by atoms with van der Waals surface area (Å²) in [5, 5.41) is 0.818.